The molecule has 1 unspecified atom stereocenters. The van der Waals surface area contributed by atoms with Crippen molar-refractivity contribution in [3.8, 4) is 0 Å². The fraction of sp³-hybridized carbons (Fsp3) is 0.600. The molecule has 0 fully saturated rings. The third-order valence-electron chi connectivity index (χ3n) is 4.17. The van der Waals surface area contributed by atoms with E-state index < -0.39 is 0 Å². The lowest BCUT2D eigenvalue weighted by molar-refractivity contribution is 0.366. The second-order valence-electron chi connectivity index (χ2n) is 6.02. The van der Waals surface area contributed by atoms with Crippen molar-refractivity contribution in [1.29, 1.82) is 0 Å². The molecule has 0 aromatic heterocycles. The predicted octanol–water partition coefficient (Wildman–Crippen LogP) is 4.34. The molecule has 0 saturated heterocycles. The maximum atomic E-state index is 2.42. The second kappa shape index (κ2) is 3.10. The molecule has 2 rings (SSSR count). The predicted molar refractivity (Wildman–Crippen MR) is 66.5 cm³/mol. The fourth-order valence-corrected chi connectivity index (χ4v) is 3.23. The van der Waals surface area contributed by atoms with E-state index in [0.29, 0.717) is 10.8 Å². The monoisotopic (exact) mass is 202 g/mol. The van der Waals surface area contributed by atoms with Gasteiger partial charge in [0.15, 0.2) is 0 Å². The zero-order chi connectivity index (χ0) is 11.3. The highest BCUT2D eigenvalue weighted by Gasteiger charge is 2.43. The molecule has 15 heavy (non-hydrogen) atoms. The number of hydrogen-bond acceptors (Lipinski definition) is 0. The Morgan fingerprint density at radius 1 is 1.13 bits per heavy atom. The molecule has 1 aromatic rings. The third-order valence-corrected chi connectivity index (χ3v) is 4.17. The lowest BCUT2D eigenvalue weighted by Gasteiger charge is -2.26. The minimum absolute atomic E-state index is 0.355. The van der Waals surface area contributed by atoms with Gasteiger partial charge in [-0.25, -0.2) is 0 Å². The van der Waals surface area contributed by atoms with Crippen molar-refractivity contribution < 1.29 is 0 Å². The van der Waals surface area contributed by atoms with Crippen LogP contribution in [0.4, 0.5) is 0 Å². The minimum atomic E-state index is 0.355. The molecule has 1 aromatic carbocycles. The van der Waals surface area contributed by atoms with Gasteiger partial charge >= 0.3 is 0 Å². The molecule has 1 aliphatic carbocycles. The van der Waals surface area contributed by atoms with Crippen LogP contribution in [-0.2, 0) is 10.8 Å². The summed E-state index contributed by atoms with van der Waals surface area (Å²) in [4.78, 5) is 0. The first-order chi connectivity index (χ1) is 6.89. The molecule has 82 valence electrons. The Hall–Kier alpha value is -0.780. The van der Waals surface area contributed by atoms with Crippen LogP contribution in [0.15, 0.2) is 18.2 Å². The van der Waals surface area contributed by atoms with Crippen LogP contribution >= 0.6 is 0 Å². The van der Waals surface area contributed by atoms with Crippen molar-refractivity contribution in [1.82, 2.24) is 0 Å². The Kier molecular flexibility index (Phi) is 2.22. The van der Waals surface area contributed by atoms with Crippen molar-refractivity contribution in [2.24, 2.45) is 0 Å². The zero-order valence-corrected chi connectivity index (χ0v) is 10.6. The standard InChI is InChI=1S/C15H22/c1-6-15(5)10-14(3,4)12-8-7-11(2)9-13(12)15/h7-9H,6,10H2,1-5H3. The van der Waals surface area contributed by atoms with Gasteiger partial charge in [-0.2, -0.15) is 0 Å². The van der Waals surface area contributed by atoms with Crippen LogP contribution in [0.2, 0.25) is 0 Å². The zero-order valence-electron chi connectivity index (χ0n) is 10.6. The van der Waals surface area contributed by atoms with E-state index in [1.807, 2.05) is 0 Å². The van der Waals surface area contributed by atoms with E-state index in [2.05, 4.69) is 52.8 Å². The van der Waals surface area contributed by atoms with Gasteiger partial charge in [-0.15, -0.1) is 0 Å². The van der Waals surface area contributed by atoms with Gasteiger partial charge in [0.25, 0.3) is 0 Å². The van der Waals surface area contributed by atoms with Crippen LogP contribution < -0.4 is 0 Å². The van der Waals surface area contributed by atoms with Crippen LogP contribution in [-0.4, -0.2) is 0 Å². The molecular formula is C15H22. The van der Waals surface area contributed by atoms with Gasteiger partial charge in [-0.3, -0.25) is 0 Å². The smallest absolute Gasteiger partial charge is 0.00666 e. The summed E-state index contributed by atoms with van der Waals surface area (Å²) in [6.45, 7) is 11.7. The summed E-state index contributed by atoms with van der Waals surface area (Å²) < 4.78 is 0. The summed E-state index contributed by atoms with van der Waals surface area (Å²) in [5, 5.41) is 0. The quantitative estimate of drug-likeness (QED) is 0.635. The normalized spacial score (nSPS) is 27.8. The summed E-state index contributed by atoms with van der Waals surface area (Å²) in [6.07, 6.45) is 2.53. The number of hydrogen-bond donors (Lipinski definition) is 0. The van der Waals surface area contributed by atoms with Crippen LogP contribution in [0.1, 0.15) is 57.2 Å². The highest BCUT2D eigenvalue weighted by Crippen LogP contribution is 2.51. The lowest BCUT2D eigenvalue weighted by atomic mass is 9.78. The number of rotatable bonds is 1. The molecule has 1 atom stereocenters. The highest BCUT2D eigenvalue weighted by molar-refractivity contribution is 5.46. The second-order valence-corrected chi connectivity index (χ2v) is 6.02. The largest absolute Gasteiger partial charge is 0.0645 e. The van der Waals surface area contributed by atoms with E-state index in [1.54, 1.807) is 11.1 Å². The Morgan fingerprint density at radius 3 is 2.40 bits per heavy atom. The molecule has 0 aliphatic heterocycles. The molecule has 0 nitrogen and oxygen atoms in total. The van der Waals surface area contributed by atoms with Gasteiger partial charge in [-0.1, -0.05) is 51.5 Å². The van der Waals surface area contributed by atoms with E-state index in [4.69, 9.17) is 0 Å². The third kappa shape index (κ3) is 1.51. The van der Waals surface area contributed by atoms with Gasteiger partial charge in [0.1, 0.15) is 0 Å². The molecule has 0 heteroatoms. The van der Waals surface area contributed by atoms with Crippen molar-refractivity contribution >= 4 is 0 Å². The lowest BCUT2D eigenvalue weighted by Crippen LogP contribution is -2.20. The maximum absolute atomic E-state index is 2.42. The number of benzene rings is 1. The Balaban J connectivity index is 2.64. The summed E-state index contributed by atoms with van der Waals surface area (Å²) in [5.41, 5.74) is 5.30. The molecule has 0 N–H and O–H groups in total. The molecule has 0 bridgehead atoms. The molecule has 0 heterocycles. The molecule has 1 aliphatic rings. The molecule has 0 radical (unpaired) electrons. The van der Waals surface area contributed by atoms with Crippen molar-refractivity contribution in [3.63, 3.8) is 0 Å². The fourth-order valence-electron chi connectivity index (χ4n) is 3.23. The Labute approximate surface area is 93.7 Å². The van der Waals surface area contributed by atoms with Gasteiger partial charge in [0, 0.05) is 0 Å². The molecule has 0 spiro atoms. The first-order valence-electron chi connectivity index (χ1n) is 6.01. The first-order valence-corrected chi connectivity index (χ1v) is 6.01. The summed E-state index contributed by atoms with van der Waals surface area (Å²) in [6, 6.07) is 6.99. The SMILES string of the molecule is CCC1(C)CC(C)(C)c2ccc(C)cc21. The van der Waals surface area contributed by atoms with Gasteiger partial charge in [0.2, 0.25) is 0 Å². The van der Waals surface area contributed by atoms with Crippen LogP contribution in [0.5, 0.6) is 0 Å². The summed E-state index contributed by atoms with van der Waals surface area (Å²) in [5.74, 6) is 0. The summed E-state index contributed by atoms with van der Waals surface area (Å²) >= 11 is 0. The number of aryl methyl sites for hydroxylation is 1. The topological polar surface area (TPSA) is 0 Å². The van der Waals surface area contributed by atoms with Crippen LogP contribution in [0.25, 0.3) is 0 Å². The van der Waals surface area contributed by atoms with E-state index in [-0.39, 0.29) is 0 Å². The average Bonchev–Trinajstić information content (AvgIpc) is 2.35. The Morgan fingerprint density at radius 2 is 1.80 bits per heavy atom. The van der Waals surface area contributed by atoms with E-state index in [0.717, 1.165) is 0 Å². The summed E-state index contributed by atoms with van der Waals surface area (Å²) in [7, 11) is 0. The van der Waals surface area contributed by atoms with E-state index in [1.165, 1.54) is 18.4 Å². The molecule has 0 saturated carbocycles. The van der Waals surface area contributed by atoms with Crippen LogP contribution in [0, 0.1) is 6.92 Å². The van der Waals surface area contributed by atoms with Gasteiger partial charge < -0.3 is 0 Å². The first kappa shape index (κ1) is 10.7. The molecular weight excluding hydrogens is 180 g/mol. The van der Waals surface area contributed by atoms with Gasteiger partial charge in [0.05, 0.1) is 0 Å². The Bertz CT molecular complexity index is 387. The molecule has 0 amide bonds. The highest BCUT2D eigenvalue weighted by atomic mass is 14.5. The number of fused-ring (bicyclic) bond motifs is 1. The van der Waals surface area contributed by atoms with Crippen molar-refractivity contribution in [2.45, 2.75) is 58.3 Å². The van der Waals surface area contributed by atoms with E-state index >= 15 is 0 Å². The van der Waals surface area contributed by atoms with Crippen LogP contribution in [0.3, 0.4) is 0 Å². The minimum Gasteiger partial charge on any atom is -0.0645 e. The van der Waals surface area contributed by atoms with Crippen molar-refractivity contribution in [3.05, 3.63) is 34.9 Å². The van der Waals surface area contributed by atoms with Crippen molar-refractivity contribution in [2.75, 3.05) is 0 Å². The maximum Gasteiger partial charge on any atom is -0.00666 e. The average molecular weight is 202 g/mol. The van der Waals surface area contributed by atoms with E-state index in [9.17, 15) is 0 Å². The van der Waals surface area contributed by atoms with Gasteiger partial charge in [-0.05, 0) is 41.7 Å².